The van der Waals surface area contributed by atoms with E-state index in [9.17, 15) is 0 Å². The van der Waals surface area contributed by atoms with Crippen LogP contribution in [0.1, 0.15) is 142 Å². The first-order chi connectivity index (χ1) is 27.3. The van der Waals surface area contributed by atoms with E-state index in [0.717, 1.165) is 39.8 Å². The van der Waals surface area contributed by atoms with Gasteiger partial charge in [-0.2, -0.15) is 0 Å². The van der Waals surface area contributed by atoms with Crippen LogP contribution in [0.15, 0.2) is 102 Å². The van der Waals surface area contributed by atoms with Crippen molar-refractivity contribution in [1.82, 2.24) is 4.98 Å². The molecule has 4 aromatic carbocycles. The number of hydrogen-bond donors (Lipinski definition) is 0. The van der Waals surface area contributed by atoms with Crippen LogP contribution in [0.25, 0.3) is 11.1 Å². The smallest absolute Gasteiger partial charge is 0.216 e. The fourth-order valence-corrected chi connectivity index (χ4v) is 10.00. The predicted octanol–water partition coefficient (Wildman–Crippen LogP) is 14.7. The molecular formula is C53H65N3O2. The molecule has 0 aliphatic carbocycles. The molecule has 3 heterocycles. The molecule has 5 nitrogen and oxygen atoms in total. The van der Waals surface area contributed by atoms with E-state index < -0.39 is 0 Å². The Morgan fingerprint density at radius 2 is 1.31 bits per heavy atom. The van der Waals surface area contributed by atoms with Crippen LogP contribution in [0.4, 0.5) is 17.2 Å². The highest BCUT2D eigenvalue weighted by molar-refractivity contribution is 5.97. The molecule has 0 amide bonds. The van der Waals surface area contributed by atoms with Crippen molar-refractivity contribution in [3.8, 4) is 22.6 Å². The van der Waals surface area contributed by atoms with Crippen LogP contribution in [0.5, 0.6) is 11.5 Å². The standard InChI is InChI=1S/C53H65N3O2/c1-32(2)41-18-17-19-42(33(3)4)48(41)36-26-37(50-55-53(14,31-57-50)49(34(5)6)35(7)8)28-40(27-36)58-39-22-23-44-46(30-39)56(45-21-16-15-20-43(45)52(44,12)13)47-29-38(24-25-54-47)51(9,10)11/h15-30,32-35,49H,31H2,1-14H3/t53-/m0/s1. The van der Waals surface area contributed by atoms with Gasteiger partial charge in [-0.05, 0) is 123 Å². The van der Waals surface area contributed by atoms with Crippen LogP contribution in [0, 0.1) is 17.8 Å². The van der Waals surface area contributed by atoms with Crippen LogP contribution in [0.3, 0.4) is 0 Å². The minimum atomic E-state index is -0.322. The number of pyridine rings is 1. The summed E-state index contributed by atoms with van der Waals surface area (Å²) < 4.78 is 13.6. The number of ether oxygens (including phenoxy) is 2. The lowest BCUT2D eigenvalue weighted by atomic mass is 9.72. The number of anilines is 3. The Morgan fingerprint density at radius 3 is 1.95 bits per heavy atom. The second-order valence-corrected chi connectivity index (χ2v) is 19.9. The fourth-order valence-electron chi connectivity index (χ4n) is 10.00. The number of hydrogen-bond acceptors (Lipinski definition) is 5. The number of aromatic nitrogens is 1. The Labute approximate surface area is 349 Å². The van der Waals surface area contributed by atoms with Crippen LogP contribution < -0.4 is 9.64 Å². The molecule has 0 radical (unpaired) electrons. The van der Waals surface area contributed by atoms with Crippen LogP contribution in [-0.2, 0) is 15.6 Å². The van der Waals surface area contributed by atoms with Gasteiger partial charge in [0.1, 0.15) is 23.9 Å². The summed E-state index contributed by atoms with van der Waals surface area (Å²) in [6.07, 6.45) is 1.94. The van der Waals surface area contributed by atoms with Gasteiger partial charge in [0.25, 0.3) is 0 Å². The van der Waals surface area contributed by atoms with Gasteiger partial charge in [-0.3, -0.25) is 4.90 Å². The second-order valence-electron chi connectivity index (χ2n) is 19.9. The lowest BCUT2D eigenvalue weighted by Crippen LogP contribution is -2.40. The zero-order valence-electron chi connectivity index (χ0n) is 37.5. The maximum atomic E-state index is 7.04. The Morgan fingerprint density at radius 1 is 0.672 bits per heavy atom. The molecule has 2 aliphatic rings. The largest absolute Gasteiger partial charge is 0.475 e. The molecule has 5 aromatic rings. The third kappa shape index (κ3) is 7.58. The highest BCUT2D eigenvalue weighted by Crippen LogP contribution is 2.53. The molecule has 5 heteroatoms. The highest BCUT2D eigenvalue weighted by Gasteiger charge is 2.43. The first-order valence-electron chi connectivity index (χ1n) is 21.5. The van der Waals surface area contributed by atoms with E-state index in [1.807, 2.05) is 6.20 Å². The summed E-state index contributed by atoms with van der Waals surface area (Å²) in [6, 6.07) is 33.0. The van der Waals surface area contributed by atoms with Crippen molar-refractivity contribution in [3.63, 3.8) is 0 Å². The maximum Gasteiger partial charge on any atom is 0.216 e. The Balaban J connectivity index is 1.40. The van der Waals surface area contributed by atoms with Crippen LogP contribution in [-0.4, -0.2) is 23.0 Å². The summed E-state index contributed by atoms with van der Waals surface area (Å²) in [5.41, 5.74) is 11.3. The number of aliphatic imine (C=N–C) groups is 1. The summed E-state index contributed by atoms with van der Waals surface area (Å²) in [5.74, 6) is 5.09. The van der Waals surface area contributed by atoms with E-state index in [4.69, 9.17) is 19.5 Å². The second kappa shape index (κ2) is 15.4. The lowest BCUT2D eigenvalue weighted by molar-refractivity contribution is 0.129. The zero-order chi connectivity index (χ0) is 41.9. The van der Waals surface area contributed by atoms with Gasteiger partial charge in [-0.25, -0.2) is 9.98 Å². The first-order valence-corrected chi connectivity index (χ1v) is 21.5. The molecule has 0 saturated heterocycles. The molecule has 1 atom stereocenters. The summed E-state index contributed by atoms with van der Waals surface area (Å²) in [5, 5.41) is 0. The summed E-state index contributed by atoms with van der Waals surface area (Å²) in [7, 11) is 0. The van der Waals surface area contributed by atoms with Gasteiger partial charge in [0.15, 0.2) is 0 Å². The third-order valence-electron chi connectivity index (χ3n) is 12.6. The minimum absolute atomic E-state index is 0.0261. The van der Waals surface area contributed by atoms with Crippen LogP contribution >= 0.6 is 0 Å². The van der Waals surface area contributed by atoms with Crippen molar-refractivity contribution < 1.29 is 9.47 Å². The Hall–Kier alpha value is -4.90. The van der Waals surface area contributed by atoms with Crippen molar-refractivity contribution in [2.75, 3.05) is 11.5 Å². The highest BCUT2D eigenvalue weighted by atomic mass is 16.5. The minimum Gasteiger partial charge on any atom is -0.475 e. The van der Waals surface area contributed by atoms with Gasteiger partial charge in [-0.1, -0.05) is 132 Å². The van der Waals surface area contributed by atoms with E-state index in [1.165, 1.54) is 33.4 Å². The number of benzene rings is 4. The topological polar surface area (TPSA) is 47.0 Å². The van der Waals surface area contributed by atoms with Gasteiger partial charge in [0.2, 0.25) is 5.90 Å². The van der Waals surface area contributed by atoms with Gasteiger partial charge in [0.05, 0.1) is 16.9 Å². The molecule has 304 valence electrons. The van der Waals surface area contributed by atoms with Crippen molar-refractivity contribution in [1.29, 1.82) is 0 Å². The molecule has 0 unspecified atom stereocenters. The average Bonchev–Trinajstić information content (AvgIpc) is 3.55. The lowest BCUT2D eigenvalue weighted by Gasteiger charge is -2.41. The summed E-state index contributed by atoms with van der Waals surface area (Å²) >= 11 is 0. The number of nitrogens with zero attached hydrogens (tertiary/aromatic N) is 3. The van der Waals surface area contributed by atoms with E-state index in [2.05, 4.69) is 193 Å². The molecule has 0 fully saturated rings. The van der Waals surface area contributed by atoms with Gasteiger partial charge in [0, 0.05) is 23.2 Å². The fraction of sp³-hybridized carbons (Fsp3) is 0.434. The first kappa shape index (κ1) is 41.3. The third-order valence-corrected chi connectivity index (χ3v) is 12.6. The maximum absolute atomic E-state index is 7.04. The normalized spacial score (nSPS) is 17.6. The molecule has 1 aromatic heterocycles. The van der Waals surface area contributed by atoms with Crippen molar-refractivity contribution in [2.45, 2.75) is 125 Å². The quantitative estimate of drug-likeness (QED) is 0.142. The predicted molar refractivity (Wildman–Crippen MR) is 244 cm³/mol. The number of fused-ring (bicyclic) bond motifs is 2. The summed E-state index contributed by atoms with van der Waals surface area (Å²) in [4.78, 5) is 12.7. The van der Waals surface area contributed by atoms with Gasteiger partial charge in [-0.15, -0.1) is 0 Å². The average molecular weight is 776 g/mol. The zero-order valence-corrected chi connectivity index (χ0v) is 37.5. The van der Waals surface area contributed by atoms with Crippen molar-refractivity contribution in [3.05, 3.63) is 131 Å². The molecule has 0 spiro atoms. The molecule has 58 heavy (non-hydrogen) atoms. The van der Waals surface area contributed by atoms with Crippen molar-refractivity contribution in [2.24, 2.45) is 22.7 Å². The van der Waals surface area contributed by atoms with E-state index in [-0.39, 0.29) is 16.4 Å². The van der Waals surface area contributed by atoms with Gasteiger partial charge >= 0.3 is 0 Å². The molecule has 0 bridgehead atoms. The monoisotopic (exact) mass is 776 g/mol. The van der Waals surface area contributed by atoms with E-state index in [0.29, 0.717) is 42.1 Å². The number of rotatable bonds is 10. The summed E-state index contributed by atoms with van der Waals surface area (Å²) in [6.45, 7) is 32.6. The Bertz CT molecular complexity index is 2310. The Kier molecular flexibility index (Phi) is 10.9. The van der Waals surface area contributed by atoms with Gasteiger partial charge < -0.3 is 9.47 Å². The van der Waals surface area contributed by atoms with Crippen LogP contribution in [0.2, 0.25) is 0 Å². The van der Waals surface area contributed by atoms with E-state index in [1.54, 1.807) is 0 Å². The SMILES string of the molecule is CC(C)c1cccc(C(C)C)c1-c1cc(Oc2ccc3c(c2)N(c2cc(C(C)(C)C)ccn2)c2ccccc2C3(C)C)cc(C2=N[C@](C)(C(C(C)C)C(C)C)CO2)c1. The van der Waals surface area contributed by atoms with E-state index >= 15 is 0 Å². The van der Waals surface area contributed by atoms with Crippen molar-refractivity contribution >= 4 is 23.1 Å². The number of para-hydroxylation sites is 1. The molecule has 0 saturated carbocycles. The molecule has 0 N–H and O–H groups in total. The molecule has 7 rings (SSSR count). The molecule has 2 aliphatic heterocycles. The molecular weight excluding hydrogens is 711 g/mol.